The number of para-hydroxylation sites is 1. The molecule has 0 radical (unpaired) electrons. The number of nitrogens with one attached hydrogen (secondary N) is 2. The molecule has 0 aliphatic carbocycles. The predicted octanol–water partition coefficient (Wildman–Crippen LogP) is 4.11. The Hall–Kier alpha value is -2.45. The Morgan fingerprint density at radius 1 is 1.20 bits per heavy atom. The van der Waals surface area contributed by atoms with E-state index in [0.29, 0.717) is 29.5 Å². The molecule has 3 heterocycles. The summed E-state index contributed by atoms with van der Waals surface area (Å²) in [6.07, 6.45) is 5.94. The third-order valence-corrected chi connectivity index (χ3v) is 5.74. The highest BCUT2D eigenvalue weighted by Crippen LogP contribution is 2.28. The van der Waals surface area contributed by atoms with Crippen LogP contribution in [0.15, 0.2) is 36.4 Å². The molecule has 8 heteroatoms. The van der Waals surface area contributed by atoms with Crippen LogP contribution in [0.5, 0.6) is 11.6 Å². The van der Waals surface area contributed by atoms with Gasteiger partial charge in [0.05, 0.1) is 6.10 Å². The number of hydrogen-bond acceptors (Lipinski definition) is 6. The molecule has 0 bridgehead atoms. The van der Waals surface area contributed by atoms with E-state index >= 15 is 0 Å². The zero-order valence-electron chi connectivity index (χ0n) is 17.3. The lowest BCUT2D eigenvalue weighted by Gasteiger charge is -2.34. The Bertz CT molecular complexity index is 845. The van der Waals surface area contributed by atoms with Gasteiger partial charge in [-0.1, -0.05) is 18.2 Å². The van der Waals surface area contributed by atoms with Gasteiger partial charge in [0.1, 0.15) is 11.6 Å². The number of benzene rings is 1. The molecule has 4 rings (SSSR count). The van der Waals surface area contributed by atoms with Gasteiger partial charge >= 0.3 is 0 Å². The molecule has 0 saturated carbocycles. The van der Waals surface area contributed by atoms with Crippen molar-refractivity contribution in [2.45, 2.75) is 51.2 Å². The Kier molecular flexibility index (Phi) is 6.96. The van der Waals surface area contributed by atoms with E-state index < -0.39 is 0 Å². The van der Waals surface area contributed by atoms with Crippen molar-refractivity contribution in [2.75, 3.05) is 29.9 Å². The summed E-state index contributed by atoms with van der Waals surface area (Å²) >= 11 is 5.45. The highest BCUT2D eigenvalue weighted by molar-refractivity contribution is 7.80. The van der Waals surface area contributed by atoms with E-state index in [-0.39, 0.29) is 6.10 Å². The van der Waals surface area contributed by atoms with Gasteiger partial charge in [0.15, 0.2) is 5.11 Å². The molecule has 2 aliphatic rings. The maximum absolute atomic E-state index is 6.01. The lowest BCUT2D eigenvalue weighted by Crippen LogP contribution is -2.38. The summed E-state index contributed by atoms with van der Waals surface area (Å²) in [6, 6.07) is 12.0. The first kappa shape index (κ1) is 20.8. The number of piperidine rings is 1. The number of thiocarbonyl (C=S) groups is 1. The van der Waals surface area contributed by atoms with Crippen LogP contribution in [0.4, 0.5) is 11.8 Å². The van der Waals surface area contributed by atoms with E-state index in [1.54, 1.807) is 0 Å². The summed E-state index contributed by atoms with van der Waals surface area (Å²) in [5.74, 6) is 2.51. The third-order valence-electron chi connectivity index (χ3n) is 5.49. The van der Waals surface area contributed by atoms with Gasteiger partial charge in [0.2, 0.25) is 11.8 Å². The van der Waals surface area contributed by atoms with Crippen LogP contribution < -0.4 is 20.3 Å². The van der Waals surface area contributed by atoms with Crippen molar-refractivity contribution in [1.29, 1.82) is 0 Å². The second kappa shape index (κ2) is 10.0. The molecule has 2 N–H and O–H groups in total. The molecular formula is C22H29N5O2S. The molecule has 7 nitrogen and oxygen atoms in total. The molecule has 2 fully saturated rings. The van der Waals surface area contributed by atoms with Gasteiger partial charge < -0.3 is 25.0 Å². The van der Waals surface area contributed by atoms with Crippen molar-refractivity contribution in [1.82, 2.24) is 15.3 Å². The molecule has 0 spiro atoms. The van der Waals surface area contributed by atoms with Crippen molar-refractivity contribution in [2.24, 2.45) is 0 Å². The zero-order valence-corrected chi connectivity index (χ0v) is 18.2. The van der Waals surface area contributed by atoms with Gasteiger partial charge in [-0.25, -0.2) is 0 Å². The fourth-order valence-corrected chi connectivity index (χ4v) is 4.05. The van der Waals surface area contributed by atoms with E-state index in [9.17, 15) is 0 Å². The molecule has 2 aliphatic heterocycles. The molecular weight excluding hydrogens is 398 g/mol. The van der Waals surface area contributed by atoms with Crippen LogP contribution in [0.2, 0.25) is 0 Å². The molecule has 0 amide bonds. The molecule has 2 aromatic rings. The minimum Gasteiger partial charge on any atom is -0.439 e. The van der Waals surface area contributed by atoms with Crippen LogP contribution >= 0.6 is 12.2 Å². The number of anilines is 2. The Morgan fingerprint density at radius 3 is 2.83 bits per heavy atom. The van der Waals surface area contributed by atoms with Crippen molar-refractivity contribution >= 4 is 29.1 Å². The number of hydrogen-bond donors (Lipinski definition) is 2. The van der Waals surface area contributed by atoms with E-state index in [0.717, 1.165) is 50.4 Å². The summed E-state index contributed by atoms with van der Waals surface area (Å²) in [7, 11) is 0. The number of rotatable bonds is 6. The highest BCUT2D eigenvalue weighted by atomic mass is 32.1. The van der Waals surface area contributed by atoms with Gasteiger partial charge in [-0.2, -0.15) is 9.97 Å². The van der Waals surface area contributed by atoms with Gasteiger partial charge in [-0.05, 0) is 63.4 Å². The Balaban J connectivity index is 1.50. The quantitative estimate of drug-likeness (QED) is 0.668. The van der Waals surface area contributed by atoms with Gasteiger partial charge in [0.25, 0.3) is 0 Å². The number of aromatic nitrogens is 2. The summed E-state index contributed by atoms with van der Waals surface area (Å²) in [6.45, 7) is 4.72. The monoisotopic (exact) mass is 427 g/mol. The van der Waals surface area contributed by atoms with Crippen LogP contribution in [-0.2, 0) is 4.74 Å². The predicted molar refractivity (Wildman–Crippen MR) is 122 cm³/mol. The molecule has 2 atom stereocenters. The average Bonchev–Trinajstić information content (AvgIpc) is 3.27. The molecule has 1 aromatic carbocycles. The summed E-state index contributed by atoms with van der Waals surface area (Å²) in [5.41, 5.74) is 0. The van der Waals surface area contributed by atoms with Gasteiger partial charge in [-0.3, -0.25) is 0 Å². The summed E-state index contributed by atoms with van der Waals surface area (Å²) < 4.78 is 11.6. The number of ether oxygens (including phenoxy) is 2. The lowest BCUT2D eigenvalue weighted by molar-refractivity contribution is 0.114. The zero-order chi connectivity index (χ0) is 20.8. The first-order valence-electron chi connectivity index (χ1n) is 10.7. The van der Waals surface area contributed by atoms with E-state index in [2.05, 4.69) is 27.4 Å². The molecule has 30 heavy (non-hydrogen) atoms. The topological polar surface area (TPSA) is 71.5 Å². The van der Waals surface area contributed by atoms with E-state index in [1.165, 1.54) is 6.42 Å². The maximum Gasteiger partial charge on any atom is 0.234 e. The number of nitrogens with zero attached hydrogens (tertiary/aromatic N) is 3. The first-order chi connectivity index (χ1) is 14.7. The SMILES string of the molecule is C[C@H]1CCCCN1c1cc(Oc2ccccc2)nc(NC(=S)NC[C@H]2CCCO2)n1. The lowest BCUT2D eigenvalue weighted by atomic mass is 10.0. The second-order valence-electron chi connectivity index (χ2n) is 7.81. The summed E-state index contributed by atoms with van der Waals surface area (Å²) in [4.78, 5) is 11.6. The second-order valence-corrected chi connectivity index (χ2v) is 8.22. The average molecular weight is 428 g/mol. The molecule has 2 saturated heterocycles. The van der Waals surface area contributed by atoms with E-state index in [1.807, 2.05) is 36.4 Å². The molecule has 0 unspecified atom stereocenters. The van der Waals surface area contributed by atoms with Crippen LogP contribution in [-0.4, -0.2) is 46.9 Å². The van der Waals surface area contributed by atoms with E-state index in [4.69, 9.17) is 26.7 Å². The van der Waals surface area contributed by atoms with Crippen molar-refractivity contribution in [3.8, 4) is 11.6 Å². The summed E-state index contributed by atoms with van der Waals surface area (Å²) in [5, 5.41) is 6.82. The fraction of sp³-hybridized carbons (Fsp3) is 0.500. The van der Waals surface area contributed by atoms with Crippen molar-refractivity contribution in [3.63, 3.8) is 0 Å². The van der Waals surface area contributed by atoms with Gasteiger partial charge in [-0.15, -0.1) is 0 Å². The van der Waals surface area contributed by atoms with Crippen molar-refractivity contribution in [3.05, 3.63) is 36.4 Å². The minimum absolute atomic E-state index is 0.211. The normalized spacial score (nSPS) is 21.3. The highest BCUT2D eigenvalue weighted by Gasteiger charge is 2.22. The van der Waals surface area contributed by atoms with Crippen LogP contribution in [0.1, 0.15) is 39.0 Å². The van der Waals surface area contributed by atoms with Crippen LogP contribution in [0.3, 0.4) is 0 Å². The third kappa shape index (κ3) is 5.58. The smallest absolute Gasteiger partial charge is 0.234 e. The van der Waals surface area contributed by atoms with Crippen molar-refractivity contribution < 1.29 is 9.47 Å². The fourth-order valence-electron chi connectivity index (χ4n) is 3.87. The largest absolute Gasteiger partial charge is 0.439 e. The minimum atomic E-state index is 0.211. The molecule has 1 aromatic heterocycles. The van der Waals surface area contributed by atoms with Gasteiger partial charge in [0, 0.05) is 31.8 Å². The Labute approximate surface area is 183 Å². The van der Waals surface area contributed by atoms with Crippen LogP contribution in [0, 0.1) is 0 Å². The van der Waals surface area contributed by atoms with Crippen LogP contribution in [0.25, 0.3) is 0 Å². The first-order valence-corrected chi connectivity index (χ1v) is 11.1. The maximum atomic E-state index is 6.01. The molecule has 160 valence electrons. The standard InChI is InChI=1S/C22H29N5O2S/c1-16-8-5-6-12-27(16)19-14-20(29-17-9-3-2-4-10-17)25-21(24-19)26-22(30)23-15-18-11-7-13-28-18/h2-4,9-10,14,16,18H,5-8,11-13,15H2,1H3,(H2,23,24,25,26,30)/t16-,18+/m0/s1. The Morgan fingerprint density at radius 2 is 2.07 bits per heavy atom.